The second kappa shape index (κ2) is 6.28. The van der Waals surface area contributed by atoms with Crippen molar-refractivity contribution in [3.05, 3.63) is 23.3 Å². The van der Waals surface area contributed by atoms with Crippen molar-refractivity contribution >= 4 is 0 Å². The van der Waals surface area contributed by atoms with E-state index < -0.39 is 5.60 Å². The lowest BCUT2D eigenvalue weighted by Gasteiger charge is -2.39. The van der Waals surface area contributed by atoms with Gasteiger partial charge in [0.25, 0.3) is 0 Å². The molecule has 1 nitrogen and oxygen atoms in total. The van der Waals surface area contributed by atoms with E-state index in [1.54, 1.807) is 5.57 Å². The zero-order chi connectivity index (χ0) is 15.7. The van der Waals surface area contributed by atoms with E-state index in [0.717, 1.165) is 12.8 Å². The number of fused-ring (bicyclic) bond motifs is 1. The molecule has 2 aliphatic rings. The van der Waals surface area contributed by atoms with Crippen molar-refractivity contribution in [1.29, 1.82) is 0 Å². The number of allylic oxidation sites excluding steroid dienone is 4. The Morgan fingerprint density at radius 1 is 1.43 bits per heavy atom. The van der Waals surface area contributed by atoms with Gasteiger partial charge in [-0.3, -0.25) is 0 Å². The molecule has 1 fully saturated rings. The van der Waals surface area contributed by atoms with Crippen molar-refractivity contribution in [2.45, 2.75) is 85.2 Å². The summed E-state index contributed by atoms with van der Waals surface area (Å²) in [6.07, 6.45) is 12.8. The topological polar surface area (TPSA) is 20.2 Å². The van der Waals surface area contributed by atoms with Crippen LogP contribution in [-0.2, 0) is 0 Å². The van der Waals surface area contributed by atoms with Gasteiger partial charge in [0.15, 0.2) is 0 Å². The van der Waals surface area contributed by atoms with Gasteiger partial charge in [0.2, 0.25) is 0 Å². The van der Waals surface area contributed by atoms with Crippen molar-refractivity contribution in [2.75, 3.05) is 0 Å². The lowest BCUT2D eigenvalue weighted by atomic mass is 9.69. The Bertz CT molecular complexity index is 425. The Balaban J connectivity index is 2.08. The van der Waals surface area contributed by atoms with Crippen LogP contribution in [0.2, 0.25) is 0 Å². The molecule has 0 amide bonds. The SMILES string of the molecule is CC(C)=CCC[C@](C)(O)[C@@H]1CC[C@]2(C)CC=C(C)CC[C@@H]12. The van der Waals surface area contributed by atoms with E-state index in [-0.39, 0.29) is 0 Å². The first kappa shape index (κ1) is 16.8. The molecule has 0 unspecified atom stereocenters. The number of hydrogen-bond acceptors (Lipinski definition) is 1. The minimum Gasteiger partial charge on any atom is -0.390 e. The van der Waals surface area contributed by atoms with E-state index in [1.165, 1.54) is 37.7 Å². The molecular weight excluding hydrogens is 256 g/mol. The maximum Gasteiger partial charge on any atom is 0.0653 e. The van der Waals surface area contributed by atoms with E-state index in [2.05, 4.69) is 46.8 Å². The first-order valence-electron chi connectivity index (χ1n) is 8.76. The zero-order valence-corrected chi connectivity index (χ0v) is 14.7. The quantitative estimate of drug-likeness (QED) is 0.664. The Morgan fingerprint density at radius 3 is 2.81 bits per heavy atom. The van der Waals surface area contributed by atoms with Crippen LogP contribution in [0, 0.1) is 17.3 Å². The predicted octanol–water partition coefficient (Wildman–Crippen LogP) is 5.65. The summed E-state index contributed by atoms with van der Waals surface area (Å²) in [5, 5.41) is 11.1. The van der Waals surface area contributed by atoms with E-state index in [4.69, 9.17) is 0 Å². The van der Waals surface area contributed by atoms with Crippen LogP contribution >= 0.6 is 0 Å². The highest BCUT2D eigenvalue weighted by Crippen LogP contribution is 2.56. The minimum absolute atomic E-state index is 0.420. The summed E-state index contributed by atoms with van der Waals surface area (Å²) < 4.78 is 0. The van der Waals surface area contributed by atoms with E-state index in [9.17, 15) is 5.11 Å². The molecule has 0 aromatic carbocycles. The highest BCUT2D eigenvalue weighted by molar-refractivity contribution is 5.10. The van der Waals surface area contributed by atoms with Crippen LogP contribution < -0.4 is 0 Å². The molecule has 4 atom stereocenters. The number of hydrogen-bond donors (Lipinski definition) is 1. The number of rotatable bonds is 4. The number of aliphatic hydroxyl groups is 1. The van der Waals surface area contributed by atoms with Gasteiger partial charge >= 0.3 is 0 Å². The summed E-state index contributed by atoms with van der Waals surface area (Å²) in [6, 6.07) is 0. The summed E-state index contributed by atoms with van der Waals surface area (Å²) in [7, 11) is 0. The maximum absolute atomic E-state index is 11.1. The van der Waals surface area contributed by atoms with Crippen LogP contribution in [0.1, 0.15) is 79.6 Å². The molecule has 0 aliphatic heterocycles. The average molecular weight is 290 g/mol. The van der Waals surface area contributed by atoms with Crippen LogP contribution in [-0.4, -0.2) is 10.7 Å². The molecule has 1 heteroatoms. The molecule has 120 valence electrons. The zero-order valence-electron chi connectivity index (χ0n) is 14.7. The molecule has 0 bridgehead atoms. The van der Waals surface area contributed by atoms with Gasteiger partial charge in [-0.1, -0.05) is 30.2 Å². The molecular formula is C20H34O. The summed E-state index contributed by atoms with van der Waals surface area (Å²) in [6.45, 7) is 11.1. The smallest absolute Gasteiger partial charge is 0.0653 e. The minimum atomic E-state index is -0.507. The van der Waals surface area contributed by atoms with Gasteiger partial charge in [0.1, 0.15) is 0 Å². The molecule has 0 heterocycles. The Kier molecular flexibility index (Phi) is 5.03. The Hall–Kier alpha value is -0.560. The first-order valence-corrected chi connectivity index (χ1v) is 8.76. The highest BCUT2D eigenvalue weighted by Gasteiger charge is 2.50. The lowest BCUT2D eigenvalue weighted by Crippen LogP contribution is -2.39. The highest BCUT2D eigenvalue weighted by atomic mass is 16.3. The van der Waals surface area contributed by atoms with Gasteiger partial charge in [-0.25, -0.2) is 0 Å². The van der Waals surface area contributed by atoms with Gasteiger partial charge in [-0.15, -0.1) is 0 Å². The van der Waals surface area contributed by atoms with E-state index in [1.807, 2.05) is 0 Å². The molecule has 0 spiro atoms. The summed E-state index contributed by atoms with van der Waals surface area (Å²) in [4.78, 5) is 0. The van der Waals surface area contributed by atoms with Gasteiger partial charge in [0, 0.05) is 0 Å². The van der Waals surface area contributed by atoms with Crippen molar-refractivity contribution < 1.29 is 5.11 Å². The fraction of sp³-hybridized carbons (Fsp3) is 0.800. The molecule has 2 aliphatic carbocycles. The first-order chi connectivity index (χ1) is 9.74. The largest absolute Gasteiger partial charge is 0.390 e. The van der Waals surface area contributed by atoms with Crippen LogP contribution in [0.15, 0.2) is 23.3 Å². The fourth-order valence-electron chi connectivity index (χ4n) is 4.64. The predicted molar refractivity (Wildman–Crippen MR) is 91.2 cm³/mol. The summed E-state index contributed by atoms with van der Waals surface area (Å²) >= 11 is 0. The second-order valence-electron chi connectivity index (χ2n) is 8.38. The summed E-state index contributed by atoms with van der Waals surface area (Å²) in [5.74, 6) is 1.17. The van der Waals surface area contributed by atoms with Gasteiger partial charge in [-0.05, 0) is 89.9 Å². The van der Waals surface area contributed by atoms with Crippen molar-refractivity contribution in [3.8, 4) is 0 Å². The second-order valence-corrected chi connectivity index (χ2v) is 8.38. The van der Waals surface area contributed by atoms with Crippen LogP contribution in [0.25, 0.3) is 0 Å². The molecule has 0 saturated heterocycles. The monoisotopic (exact) mass is 290 g/mol. The molecule has 2 rings (SSSR count). The summed E-state index contributed by atoms with van der Waals surface area (Å²) in [5.41, 5.74) is 2.82. The molecule has 1 N–H and O–H groups in total. The molecule has 1 saturated carbocycles. The molecule has 21 heavy (non-hydrogen) atoms. The van der Waals surface area contributed by atoms with Crippen LogP contribution in [0.3, 0.4) is 0 Å². The van der Waals surface area contributed by atoms with Crippen molar-refractivity contribution in [2.24, 2.45) is 17.3 Å². The van der Waals surface area contributed by atoms with Crippen LogP contribution in [0.5, 0.6) is 0 Å². The normalized spacial score (nSPS) is 35.4. The third kappa shape index (κ3) is 3.80. The van der Waals surface area contributed by atoms with Crippen molar-refractivity contribution in [3.63, 3.8) is 0 Å². The Morgan fingerprint density at radius 2 is 2.14 bits per heavy atom. The third-order valence-corrected chi connectivity index (χ3v) is 6.18. The van der Waals surface area contributed by atoms with Gasteiger partial charge in [-0.2, -0.15) is 0 Å². The van der Waals surface area contributed by atoms with Crippen LogP contribution in [0.4, 0.5) is 0 Å². The fourth-order valence-corrected chi connectivity index (χ4v) is 4.64. The average Bonchev–Trinajstić information content (AvgIpc) is 2.64. The van der Waals surface area contributed by atoms with Gasteiger partial charge < -0.3 is 5.11 Å². The molecule has 0 radical (unpaired) electrons. The van der Waals surface area contributed by atoms with Gasteiger partial charge in [0.05, 0.1) is 5.60 Å². The standard InChI is InChI=1S/C20H34O/c1-15(2)7-6-12-20(5,21)18-11-14-19(4)13-10-16(3)8-9-17(18)19/h7,10,17-18,21H,6,8-9,11-14H2,1-5H3/t17-,18+,19-,20-/m0/s1. The molecule has 0 aromatic heterocycles. The lowest BCUT2D eigenvalue weighted by molar-refractivity contribution is -0.0368. The third-order valence-electron chi connectivity index (χ3n) is 6.18. The molecule has 0 aromatic rings. The van der Waals surface area contributed by atoms with E-state index >= 15 is 0 Å². The maximum atomic E-state index is 11.1. The Labute approximate surface area is 131 Å². The van der Waals surface area contributed by atoms with Crippen molar-refractivity contribution in [1.82, 2.24) is 0 Å². The van der Waals surface area contributed by atoms with E-state index in [0.29, 0.717) is 17.3 Å².